The Labute approximate surface area is 54.5 Å². The first-order valence-electron chi connectivity index (χ1n) is 3.32. The maximum Gasteiger partial charge on any atom is 0.274 e. The molecule has 0 saturated carbocycles. The van der Waals surface area contributed by atoms with Crippen LogP contribution in [0.4, 0.5) is 0 Å². The lowest BCUT2D eigenvalue weighted by Crippen LogP contribution is -2.10. The van der Waals surface area contributed by atoms with Crippen molar-refractivity contribution in [1.82, 2.24) is 10.2 Å². The van der Waals surface area contributed by atoms with Gasteiger partial charge in [-0.05, 0) is 0 Å². The molecular weight excluding hydrogens is 114 g/mol. The maximum atomic E-state index is 4.02. The van der Waals surface area contributed by atoms with Crippen LogP contribution < -0.4 is 4.98 Å². The third-order valence-corrected chi connectivity index (χ3v) is 1.31. The molecule has 0 saturated heterocycles. The van der Waals surface area contributed by atoms with Crippen LogP contribution in [0.5, 0.6) is 0 Å². The number of nitrogens with zero attached hydrogens (tertiary/aromatic N) is 1. The summed E-state index contributed by atoms with van der Waals surface area (Å²) in [7, 11) is 0. The molecule has 0 aliphatic carbocycles. The minimum Gasteiger partial charge on any atom is -0.246 e. The number of nitrogens with one attached hydrogen (secondary N) is 2. The van der Waals surface area contributed by atoms with Gasteiger partial charge in [0.1, 0.15) is 0 Å². The average Bonchev–Trinajstić information content (AvgIpc) is 2.34. The highest BCUT2D eigenvalue weighted by Crippen LogP contribution is 1.85. The van der Waals surface area contributed by atoms with E-state index in [2.05, 4.69) is 29.0 Å². The monoisotopic (exact) mass is 126 g/mol. The predicted octanol–water partition coefficient (Wildman–Crippen LogP) is 0.349. The lowest BCUT2D eigenvalue weighted by atomic mass is 10.4. The second kappa shape index (κ2) is 2.62. The summed E-state index contributed by atoms with van der Waals surface area (Å²) in [5.74, 6) is 2.14. The molecule has 50 valence electrons. The summed E-state index contributed by atoms with van der Waals surface area (Å²) in [5.41, 5.74) is 0. The first-order valence-corrected chi connectivity index (χ1v) is 3.32. The van der Waals surface area contributed by atoms with E-state index in [-0.39, 0.29) is 0 Å². The van der Waals surface area contributed by atoms with E-state index in [4.69, 9.17) is 0 Å². The lowest BCUT2D eigenvalue weighted by molar-refractivity contribution is -0.401. The number of hydrogen-bond acceptors (Lipinski definition) is 1. The summed E-state index contributed by atoms with van der Waals surface area (Å²) >= 11 is 0. The largest absolute Gasteiger partial charge is 0.274 e. The zero-order chi connectivity index (χ0) is 6.69. The van der Waals surface area contributed by atoms with Crippen LogP contribution in [-0.4, -0.2) is 10.2 Å². The third-order valence-electron chi connectivity index (χ3n) is 1.31. The molecule has 1 heterocycles. The molecule has 0 radical (unpaired) electrons. The molecule has 0 aliphatic rings. The Morgan fingerprint density at radius 1 is 1.44 bits per heavy atom. The van der Waals surface area contributed by atoms with Crippen LogP contribution in [0.3, 0.4) is 0 Å². The van der Waals surface area contributed by atoms with E-state index in [1.807, 2.05) is 0 Å². The van der Waals surface area contributed by atoms with Gasteiger partial charge in [-0.1, -0.05) is 13.8 Å². The third kappa shape index (κ3) is 1.28. The summed E-state index contributed by atoms with van der Waals surface area (Å²) in [6.07, 6.45) is 1.96. The molecular formula is C6H12N3+. The maximum absolute atomic E-state index is 4.02. The first kappa shape index (κ1) is 6.26. The molecule has 0 aromatic carbocycles. The molecule has 3 heteroatoms. The van der Waals surface area contributed by atoms with Gasteiger partial charge in [0.2, 0.25) is 5.82 Å². The molecule has 1 aromatic heterocycles. The molecule has 3 nitrogen and oxygen atoms in total. The van der Waals surface area contributed by atoms with Gasteiger partial charge in [0.25, 0.3) is 5.82 Å². The average molecular weight is 126 g/mol. The highest BCUT2D eigenvalue weighted by atomic mass is 15.2. The number of H-pyrrole nitrogens is 2. The van der Waals surface area contributed by atoms with Crippen LogP contribution in [0.15, 0.2) is 0 Å². The highest BCUT2D eigenvalue weighted by Gasteiger charge is 2.04. The Balaban J connectivity index is 2.74. The predicted molar refractivity (Wildman–Crippen MR) is 33.9 cm³/mol. The molecule has 0 spiro atoms. The molecule has 9 heavy (non-hydrogen) atoms. The molecule has 1 rings (SSSR count). The van der Waals surface area contributed by atoms with Crippen LogP contribution in [0.2, 0.25) is 0 Å². The molecule has 1 aromatic rings. The van der Waals surface area contributed by atoms with Crippen molar-refractivity contribution >= 4 is 0 Å². The van der Waals surface area contributed by atoms with Crippen molar-refractivity contribution in [3.05, 3.63) is 11.6 Å². The fourth-order valence-electron chi connectivity index (χ4n) is 0.700. The smallest absolute Gasteiger partial charge is 0.246 e. The standard InChI is InChI=1S/C6H11N3/c1-3-5-7-6(4-2)9-8-5/h3-4H2,1-2H3,(H,7,8,9)/p+1. The zero-order valence-electron chi connectivity index (χ0n) is 5.86. The number of aryl methyl sites for hydroxylation is 2. The van der Waals surface area contributed by atoms with Gasteiger partial charge in [-0.2, -0.15) is 0 Å². The van der Waals surface area contributed by atoms with Gasteiger partial charge in [-0.3, -0.25) is 0 Å². The summed E-state index contributed by atoms with van der Waals surface area (Å²) in [6.45, 7) is 4.16. The van der Waals surface area contributed by atoms with Crippen molar-refractivity contribution in [2.24, 2.45) is 0 Å². The fourth-order valence-corrected chi connectivity index (χ4v) is 0.700. The topological polar surface area (TPSA) is 42.8 Å². The lowest BCUT2D eigenvalue weighted by Gasteiger charge is -1.75. The van der Waals surface area contributed by atoms with Gasteiger partial charge in [0.15, 0.2) is 0 Å². The van der Waals surface area contributed by atoms with Gasteiger partial charge in [0.05, 0.1) is 0 Å². The first-order chi connectivity index (χ1) is 4.36. The minimum atomic E-state index is 0.969. The SMILES string of the molecule is CCc1n[nH]c(CC)[nH+]1. The summed E-state index contributed by atoms with van der Waals surface area (Å²) in [5, 5.41) is 6.93. The van der Waals surface area contributed by atoms with Gasteiger partial charge >= 0.3 is 0 Å². The van der Waals surface area contributed by atoms with Crippen molar-refractivity contribution < 1.29 is 4.98 Å². The molecule has 0 aliphatic heterocycles. The van der Waals surface area contributed by atoms with Crippen molar-refractivity contribution in [2.45, 2.75) is 26.7 Å². The van der Waals surface area contributed by atoms with Crippen molar-refractivity contribution in [3.8, 4) is 0 Å². The number of aromatic amines is 2. The molecule has 0 fully saturated rings. The van der Waals surface area contributed by atoms with E-state index in [0.717, 1.165) is 24.5 Å². The van der Waals surface area contributed by atoms with Crippen LogP contribution >= 0.6 is 0 Å². The zero-order valence-corrected chi connectivity index (χ0v) is 5.86. The molecule has 0 unspecified atom stereocenters. The van der Waals surface area contributed by atoms with Crippen LogP contribution in [-0.2, 0) is 12.8 Å². The van der Waals surface area contributed by atoms with E-state index in [1.165, 1.54) is 0 Å². The molecule has 0 amide bonds. The van der Waals surface area contributed by atoms with Gasteiger partial charge in [0, 0.05) is 17.9 Å². The Morgan fingerprint density at radius 3 is 2.56 bits per heavy atom. The van der Waals surface area contributed by atoms with Gasteiger partial charge in [-0.15, -0.1) is 5.10 Å². The van der Waals surface area contributed by atoms with E-state index < -0.39 is 0 Å². The van der Waals surface area contributed by atoms with Crippen molar-refractivity contribution in [3.63, 3.8) is 0 Å². The van der Waals surface area contributed by atoms with Crippen molar-refractivity contribution in [2.75, 3.05) is 0 Å². The van der Waals surface area contributed by atoms with Gasteiger partial charge < -0.3 is 0 Å². The van der Waals surface area contributed by atoms with E-state index in [0.29, 0.717) is 0 Å². The normalized spacial score (nSPS) is 10.0. The Bertz CT molecular complexity index is 162. The summed E-state index contributed by atoms with van der Waals surface area (Å²) < 4.78 is 0. The number of rotatable bonds is 2. The van der Waals surface area contributed by atoms with Crippen LogP contribution in [0.25, 0.3) is 0 Å². The second-order valence-corrected chi connectivity index (χ2v) is 1.98. The number of aromatic nitrogens is 3. The fraction of sp³-hybridized carbons (Fsp3) is 0.667. The minimum absolute atomic E-state index is 0.969. The van der Waals surface area contributed by atoms with Crippen LogP contribution in [0.1, 0.15) is 25.5 Å². The van der Waals surface area contributed by atoms with Crippen LogP contribution in [0, 0.1) is 0 Å². The van der Waals surface area contributed by atoms with E-state index in [1.54, 1.807) is 0 Å². The second-order valence-electron chi connectivity index (χ2n) is 1.98. The van der Waals surface area contributed by atoms with E-state index >= 15 is 0 Å². The highest BCUT2D eigenvalue weighted by molar-refractivity contribution is 4.74. The quantitative estimate of drug-likeness (QED) is 0.610. The van der Waals surface area contributed by atoms with Gasteiger partial charge in [-0.25, -0.2) is 4.98 Å². The Morgan fingerprint density at radius 2 is 2.22 bits per heavy atom. The summed E-state index contributed by atoms with van der Waals surface area (Å²) in [6, 6.07) is 0. The molecule has 0 atom stereocenters. The summed E-state index contributed by atoms with van der Waals surface area (Å²) in [4.78, 5) is 3.15. The Kier molecular flexibility index (Phi) is 1.82. The molecule has 0 bridgehead atoms. The Hall–Kier alpha value is -0.860. The molecule has 2 N–H and O–H groups in total. The van der Waals surface area contributed by atoms with E-state index in [9.17, 15) is 0 Å². The van der Waals surface area contributed by atoms with Crippen molar-refractivity contribution in [1.29, 1.82) is 0 Å². The number of hydrogen-bond donors (Lipinski definition) is 1.